The Hall–Kier alpha value is -0.570. The van der Waals surface area contributed by atoms with Crippen molar-refractivity contribution in [3.8, 4) is 0 Å². The second-order valence-corrected chi connectivity index (χ2v) is 4.56. The Bertz CT molecular complexity index is 193. The van der Waals surface area contributed by atoms with E-state index < -0.39 is 11.6 Å². The minimum absolute atomic E-state index is 0.421. The third kappa shape index (κ3) is 2.98. The van der Waals surface area contributed by atoms with E-state index in [1.54, 1.807) is 0 Å². The molecule has 0 aromatic rings. The lowest BCUT2D eigenvalue weighted by molar-refractivity contribution is -0.165. The van der Waals surface area contributed by atoms with Crippen LogP contribution in [-0.4, -0.2) is 23.3 Å². The van der Waals surface area contributed by atoms with Gasteiger partial charge in [-0.2, -0.15) is 0 Å². The van der Waals surface area contributed by atoms with Gasteiger partial charge >= 0.3 is 5.97 Å². The summed E-state index contributed by atoms with van der Waals surface area (Å²) in [7, 11) is 0. The first-order chi connectivity index (χ1) is 6.54. The molecule has 0 aromatic carbocycles. The fourth-order valence-electron chi connectivity index (χ4n) is 1.69. The van der Waals surface area contributed by atoms with Crippen LogP contribution >= 0.6 is 0 Å². The van der Waals surface area contributed by atoms with Gasteiger partial charge < -0.3 is 9.84 Å². The molecule has 0 atom stereocenters. The Morgan fingerprint density at radius 2 is 2.00 bits per heavy atom. The Labute approximate surface area is 85.5 Å². The van der Waals surface area contributed by atoms with E-state index in [0.29, 0.717) is 25.4 Å². The molecule has 0 unspecified atom stereocenters. The van der Waals surface area contributed by atoms with Crippen molar-refractivity contribution < 1.29 is 14.6 Å². The zero-order chi connectivity index (χ0) is 10.6. The molecule has 1 aliphatic carbocycles. The molecule has 82 valence electrons. The lowest BCUT2D eigenvalue weighted by Gasteiger charge is -2.20. The molecule has 1 rings (SSSR count). The first kappa shape index (κ1) is 11.5. The summed E-state index contributed by atoms with van der Waals surface area (Å²) in [4.78, 5) is 11.5. The second-order valence-electron chi connectivity index (χ2n) is 4.56. The highest BCUT2D eigenvalue weighted by Crippen LogP contribution is 2.30. The largest absolute Gasteiger partial charge is 0.464 e. The number of hydrogen-bond donors (Lipinski definition) is 1. The van der Waals surface area contributed by atoms with E-state index in [4.69, 9.17) is 4.74 Å². The van der Waals surface area contributed by atoms with Crippen molar-refractivity contribution in [2.24, 2.45) is 5.92 Å². The Kier molecular flexibility index (Phi) is 3.93. The van der Waals surface area contributed by atoms with Crippen LogP contribution in [-0.2, 0) is 9.53 Å². The molecule has 14 heavy (non-hydrogen) atoms. The molecule has 0 bridgehead atoms. The maximum absolute atomic E-state index is 11.5. The van der Waals surface area contributed by atoms with E-state index >= 15 is 0 Å². The molecule has 0 aliphatic heterocycles. The normalized spacial score (nSPS) is 20.0. The number of ether oxygens (including phenoxy) is 1. The first-order valence-corrected chi connectivity index (χ1v) is 5.44. The van der Waals surface area contributed by atoms with Crippen LogP contribution in [0, 0.1) is 5.92 Å². The first-order valence-electron chi connectivity index (χ1n) is 5.44. The fourth-order valence-corrected chi connectivity index (χ4v) is 1.69. The molecular formula is C11H20O3. The van der Waals surface area contributed by atoms with Gasteiger partial charge in [-0.25, -0.2) is 4.79 Å². The predicted octanol–water partition coefficient (Wildman–Crippen LogP) is 1.88. The smallest absolute Gasteiger partial charge is 0.338 e. The topological polar surface area (TPSA) is 46.5 Å². The van der Waals surface area contributed by atoms with E-state index in [1.807, 2.05) is 0 Å². The summed E-state index contributed by atoms with van der Waals surface area (Å²) in [5.74, 6) is 0.108. The average molecular weight is 200 g/mol. The molecule has 0 heterocycles. The Morgan fingerprint density at radius 1 is 1.43 bits per heavy atom. The van der Waals surface area contributed by atoms with E-state index in [1.165, 1.54) is 0 Å². The molecule has 1 N–H and O–H groups in total. The van der Waals surface area contributed by atoms with Gasteiger partial charge in [0.05, 0.1) is 6.61 Å². The van der Waals surface area contributed by atoms with Crippen LogP contribution in [0.25, 0.3) is 0 Å². The highest BCUT2D eigenvalue weighted by molar-refractivity contribution is 5.79. The lowest BCUT2D eigenvalue weighted by Crippen LogP contribution is -2.37. The van der Waals surface area contributed by atoms with Gasteiger partial charge in [0.1, 0.15) is 0 Å². The van der Waals surface area contributed by atoms with E-state index in [0.717, 1.165) is 19.3 Å². The Balaban J connectivity index is 2.27. The molecule has 1 fully saturated rings. The van der Waals surface area contributed by atoms with Gasteiger partial charge in [-0.15, -0.1) is 0 Å². The summed E-state index contributed by atoms with van der Waals surface area (Å²) in [6.07, 6.45) is 3.84. The molecule has 0 spiro atoms. The molecule has 1 aliphatic rings. The maximum Gasteiger partial charge on any atom is 0.338 e. The van der Waals surface area contributed by atoms with Crippen LogP contribution in [0.15, 0.2) is 0 Å². The third-order valence-electron chi connectivity index (χ3n) is 2.74. The SMILES string of the molecule is CC(C)CCOC(=O)C1(O)CCCC1. The molecule has 3 heteroatoms. The standard InChI is InChI=1S/C11H20O3/c1-9(2)5-8-14-10(12)11(13)6-3-4-7-11/h9,13H,3-8H2,1-2H3. The van der Waals surface area contributed by atoms with Crippen LogP contribution in [0.3, 0.4) is 0 Å². The lowest BCUT2D eigenvalue weighted by atomic mass is 10.0. The summed E-state index contributed by atoms with van der Waals surface area (Å²) < 4.78 is 5.05. The van der Waals surface area contributed by atoms with Crippen LogP contribution in [0.4, 0.5) is 0 Å². The molecule has 0 aromatic heterocycles. The highest BCUT2D eigenvalue weighted by Gasteiger charge is 2.40. The number of rotatable bonds is 4. The van der Waals surface area contributed by atoms with Crippen LogP contribution in [0.1, 0.15) is 46.0 Å². The van der Waals surface area contributed by atoms with Gasteiger partial charge in [0.25, 0.3) is 0 Å². The van der Waals surface area contributed by atoms with Crippen molar-refractivity contribution >= 4 is 5.97 Å². The van der Waals surface area contributed by atoms with E-state index in [2.05, 4.69) is 13.8 Å². The summed E-state index contributed by atoms with van der Waals surface area (Å²) in [6, 6.07) is 0. The minimum atomic E-state index is -1.17. The number of aliphatic hydroxyl groups is 1. The highest BCUT2D eigenvalue weighted by atomic mass is 16.5. The fraction of sp³-hybridized carbons (Fsp3) is 0.909. The number of carbonyl (C=O) groups excluding carboxylic acids is 1. The van der Waals surface area contributed by atoms with E-state index in [-0.39, 0.29) is 0 Å². The molecular weight excluding hydrogens is 180 g/mol. The molecule has 1 saturated carbocycles. The van der Waals surface area contributed by atoms with Crippen LogP contribution in [0.5, 0.6) is 0 Å². The van der Waals surface area contributed by atoms with E-state index in [9.17, 15) is 9.90 Å². The number of esters is 1. The summed E-state index contributed by atoms with van der Waals surface area (Å²) in [5.41, 5.74) is -1.17. The van der Waals surface area contributed by atoms with Crippen molar-refractivity contribution in [1.29, 1.82) is 0 Å². The molecule has 3 nitrogen and oxygen atoms in total. The molecule has 0 amide bonds. The predicted molar refractivity (Wildman–Crippen MR) is 53.8 cm³/mol. The van der Waals surface area contributed by atoms with Crippen molar-refractivity contribution in [2.75, 3.05) is 6.61 Å². The van der Waals surface area contributed by atoms with Gasteiger partial charge in [-0.1, -0.05) is 13.8 Å². The van der Waals surface area contributed by atoms with Gasteiger partial charge in [0, 0.05) is 0 Å². The zero-order valence-electron chi connectivity index (χ0n) is 9.08. The van der Waals surface area contributed by atoms with Crippen LogP contribution < -0.4 is 0 Å². The zero-order valence-corrected chi connectivity index (χ0v) is 9.08. The average Bonchev–Trinajstić information content (AvgIpc) is 2.52. The van der Waals surface area contributed by atoms with Gasteiger partial charge in [0.15, 0.2) is 5.60 Å². The summed E-state index contributed by atoms with van der Waals surface area (Å²) in [6.45, 7) is 4.59. The van der Waals surface area contributed by atoms with Crippen LogP contribution in [0.2, 0.25) is 0 Å². The van der Waals surface area contributed by atoms with Gasteiger partial charge in [-0.3, -0.25) is 0 Å². The summed E-state index contributed by atoms with van der Waals surface area (Å²) in [5, 5.41) is 9.85. The second kappa shape index (κ2) is 4.78. The monoisotopic (exact) mass is 200 g/mol. The third-order valence-corrected chi connectivity index (χ3v) is 2.74. The van der Waals surface area contributed by atoms with Gasteiger partial charge in [-0.05, 0) is 38.0 Å². The van der Waals surface area contributed by atoms with Crippen molar-refractivity contribution in [3.63, 3.8) is 0 Å². The Morgan fingerprint density at radius 3 is 2.50 bits per heavy atom. The molecule has 0 saturated heterocycles. The van der Waals surface area contributed by atoms with Crippen molar-refractivity contribution in [1.82, 2.24) is 0 Å². The van der Waals surface area contributed by atoms with Crippen molar-refractivity contribution in [3.05, 3.63) is 0 Å². The van der Waals surface area contributed by atoms with Gasteiger partial charge in [0.2, 0.25) is 0 Å². The molecule has 0 radical (unpaired) electrons. The summed E-state index contributed by atoms with van der Waals surface area (Å²) >= 11 is 0. The maximum atomic E-state index is 11.5. The minimum Gasteiger partial charge on any atom is -0.464 e. The quantitative estimate of drug-likeness (QED) is 0.705. The van der Waals surface area contributed by atoms with Crippen molar-refractivity contribution in [2.45, 2.75) is 51.6 Å². The number of carbonyl (C=O) groups is 1. The number of hydrogen-bond acceptors (Lipinski definition) is 3.